The van der Waals surface area contributed by atoms with Crippen molar-refractivity contribution in [2.75, 3.05) is 13.2 Å². The number of rotatable bonds is 3. The minimum absolute atomic E-state index is 0.165. The van der Waals surface area contributed by atoms with Gasteiger partial charge in [0.25, 0.3) is 0 Å². The van der Waals surface area contributed by atoms with Crippen LogP contribution >= 0.6 is 0 Å². The van der Waals surface area contributed by atoms with Crippen LogP contribution in [0, 0.1) is 0 Å². The highest BCUT2D eigenvalue weighted by molar-refractivity contribution is 7.84. The third-order valence-electron chi connectivity index (χ3n) is 3.70. The summed E-state index contributed by atoms with van der Waals surface area (Å²) in [6.45, 7) is 6.71. The van der Waals surface area contributed by atoms with Gasteiger partial charge in [0.15, 0.2) is 11.6 Å². The van der Waals surface area contributed by atoms with Crippen LogP contribution in [0.15, 0.2) is 0 Å². The first-order valence-corrected chi connectivity index (χ1v) is 8.43. The fourth-order valence-electron chi connectivity index (χ4n) is 3.11. The van der Waals surface area contributed by atoms with Gasteiger partial charge in [0.2, 0.25) is 5.79 Å². The van der Waals surface area contributed by atoms with Crippen molar-refractivity contribution in [3.63, 3.8) is 0 Å². The zero-order valence-corrected chi connectivity index (χ0v) is 13.7. The van der Waals surface area contributed by atoms with E-state index in [1.165, 1.54) is 0 Å². The lowest BCUT2D eigenvalue weighted by Gasteiger charge is -2.40. The van der Waals surface area contributed by atoms with E-state index in [0.29, 0.717) is 0 Å². The molecule has 0 spiro atoms. The molecule has 0 saturated carbocycles. The Hall–Kier alpha value is -0.330. The molecular weight excluding hydrogens is 318 g/mol. The van der Waals surface area contributed by atoms with Crippen LogP contribution in [0.5, 0.6) is 0 Å². The molecule has 0 amide bonds. The molecule has 0 aromatic rings. The highest BCUT2D eigenvalue weighted by Crippen LogP contribution is 2.47. The molecule has 128 valence electrons. The molecule has 4 atom stereocenters. The molecule has 0 aromatic carbocycles. The van der Waals surface area contributed by atoms with E-state index in [1.54, 1.807) is 27.7 Å². The van der Waals surface area contributed by atoms with Gasteiger partial charge in [0.1, 0.15) is 24.9 Å². The number of hydrogen-bond acceptors (Lipinski definition) is 8. The second-order valence-corrected chi connectivity index (χ2v) is 7.78. The van der Waals surface area contributed by atoms with E-state index in [1.807, 2.05) is 0 Å². The van der Waals surface area contributed by atoms with Crippen molar-refractivity contribution in [2.45, 2.75) is 63.4 Å². The Morgan fingerprint density at radius 3 is 2.45 bits per heavy atom. The molecule has 2 N–H and O–H groups in total. The van der Waals surface area contributed by atoms with Crippen LogP contribution in [0.2, 0.25) is 0 Å². The summed E-state index contributed by atoms with van der Waals surface area (Å²) in [5.74, 6) is -3.19. The molecule has 3 aliphatic heterocycles. The molecule has 10 heteroatoms. The summed E-state index contributed by atoms with van der Waals surface area (Å²) < 4.78 is 55.9. The van der Waals surface area contributed by atoms with Crippen molar-refractivity contribution in [3.05, 3.63) is 0 Å². The van der Waals surface area contributed by atoms with Gasteiger partial charge in [-0.1, -0.05) is 0 Å². The lowest BCUT2D eigenvalue weighted by atomic mass is 9.98. The van der Waals surface area contributed by atoms with Crippen LogP contribution in [-0.4, -0.2) is 57.3 Å². The van der Waals surface area contributed by atoms with Crippen molar-refractivity contribution < 1.29 is 36.3 Å². The molecule has 3 rings (SSSR count). The van der Waals surface area contributed by atoms with Gasteiger partial charge in [-0.05, 0) is 27.7 Å². The van der Waals surface area contributed by atoms with Crippen LogP contribution in [0.25, 0.3) is 0 Å². The molecular formula is C12H21NO8S. The van der Waals surface area contributed by atoms with Crippen molar-refractivity contribution >= 4 is 10.3 Å². The van der Waals surface area contributed by atoms with Crippen molar-refractivity contribution in [3.8, 4) is 0 Å². The summed E-state index contributed by atoms with van der Waals surface area (Å²) in [7, 11) is -4.14. The highest BCUT2D eigenvalue weighted by atomic mass is 32.2. The molecule has 22 heavy (non-hydrogen) atoms. The van der Waals surface area contributed by atoms with Gasteiger partial charge >= 0.3 is 10.3 Å². The van der Waals surface area contributed by atoms with Gasteiger partial charge < -0.3 is 23.7 Å². The lowest BCUT2D eigenvalue weighted by Crippen LogP contribution is -2.60. The van der Waals surface area contributed by atoms with Crippen LogP contribution in [0.4, 0.5) is 0 Å². The third-order valence-corrected chi connectivity index (χ3v) is 4.15. The lowest BCUT2D eigenvalue weighted by molar-refractivity contribution is -0.290. The summed E-state index contributed by atoms with van der Waals surface area (Å²) in [4.78, 5) is 0. The first kappa shape index (κ1) is 16.5. The molecule has 3 heterocycles. The van der Waals surface area contributed by atoms with Gasteiger partial charge in [-0.2, -0.15) is 8.42 Å². The molecule has 0 bridgehead atoms. The Kier molecular flexibility index (Phi) is 3.63. The SMILES string of the molecule is CC1(C)O[C@@H]2[C@@H](CO[C@]3(COS(N)(=O)=O)OC(C)(C)O[C@@H]23)O1. The van der Waals surface area contributed by atoms with Gasteiger partial charge in [0.05, 0.1) is 6.61 Å². The Morgan fingerprint density at radius 2 is 1.82 bits per heavy atom. The van der Waals surface area contributed by atoms with Crippen molar-refractivity contribution in [1.29, 1.82) is 0 Å². The van der Waals surface area contributed by atoms with E-state index in [9.17, 15) is 8.42 Å². The average molecular weight is 339 g/mol. The van der Waals surface area contributed by atoms with Gasteiger partial charge in [-0.25, -0.2) is 5.14 Å². The maximum absolute atomic E-state index is 11.1. The fourth-order valence-corrected chi connectivity index (χ4v) is 3.44. The molecule has 3 saturated heterocycles. The van der Waals surface area contributed by atoms with E-state index in [-0.39, 0.29) is 12.7 Å². The normalized spacial score (nSPS) is 42.9. The predicted octanol–water partition coefficient (Wildman–Crippen LogP) is -0.395. The molecule has 0 aromatic heterocycles. The van der Waals surface area contributed by atoms with E-state index in [0.717, 1.165) is 0 Å². The second kappa shape index (κ2) is 4.84. The number of ether oxygens (including phenoxy) is 5. The maximum Gasteiger partial charge on any atom is 0.333 e. The molecule has 0 radical (unpaired) electrons. The fraction of sp³-hybridized carbons (Fsp3) is 1.00. The summed E-state index contributed by atoms with van der Waals surface area (Å²) in [5.41, 5.74) is 0. The number of hydrogen-bond donors (Lipinski definition) is 1. The Bertz CT molecular complexity index is 561. The van der Waals surface area contributed by atoms with E-state index in [4.69, 9.17) is 33.0 Å². The first-order valence-electron chi connectivity index (χ1n) is 6.96. The molecule has 0 unspecified atom stereocenters. The van der Waals surface area contributed by atoms with Gasteiger partial charge in [0, 0.05) is 0 Å². The highest BCUT2D eigenvalue weighted by Gasteiger charge is 2.65. The summed E-state index contributed by atoms with van der Waals surface area (Å²) in [6, 6.07) is 0. The topological polar surface area (TPSA) is 116 Å². The largest absolute Gasteiger partial charge is 0.343 e. The van der Waals surface area contributed by atoms with E-state index in [2.05, 4.69) is 0 Å². The Morgan fingerprint density at radius 1 is 1.14 bits per heavy atom. The molecule has 3 aliphatic rings. The van der Waals surface area contributed by atoms with Crippen LogP contribution in [-0.2, 0) is 38.2 Å². The number of fused-ring (bicyclic) bond motifs is 3. The van der Waals surface area contributed by atoms with E-state index >= 15 is 0 Å². The number of nitrogens with two attached hydrogens (primary N) is 1. The Balaban J connectivity index is 1.87. The quantitative estimate of drug-likeness (QED) is 0.739. The zero-order valence-electron chi connectivity index (χ0n) is 12.9. The monoisotopic (exact) mass is 339 g/mol. The summed E-state index contributed by atoms with van der Waals surface area (Å²) in [5, 5.41) is 4.89. The standard InChI is InChI=1S/C12H21NO8S/c1-10(2)18-7-5-16-12(6-17-22(13,14)15)9(8(7)19-10)20-11(3,4)21-12/h7-9H,5-6H2,1-4H3,(H2,13,14,15)/t7-,8-,9+,12-/m1/s1. The smallest absolute Gasteiger partial charge is 0.333 e. The summed E-state index contributed by atoms with van der Waals surface area (Å²) >= 11 is 0. The zero-order chi connectivity index (χ0) is 16.4. The van der Waals surface area contributed by atoms with Crippen LogP contribution in [0.3, 0.4) is 0 Å². The van der Waals surface area contributed by atoms with Gasteiger partial charge in [-0.3, -0.25) is 4.18 Å². The minimum atomic E-state index is -4.14. The van der Waals surface area contributed by atoms with E-state index < -0.39 is 46.5 Å². The molecule has 3 fully saturated rings. The Labute approximate surface area is 129 Å². The molecule has 9 nitrogen and oxygen atoms in total. The first-order chi connectivity index (χ1) is 9.92. The minimum Gasteiger partial charge on any atom is -0.343 e. The third kappa shape index (κ3) is 3.02. The average Bonchev–Trinajstić information content (AvgIpc) is 2.78. The molecule has 0 aliphatic carbocycles. The summed E-state index contributed by atoms with van der Waals surface area (Å²) in [6.07, 6.45) is -1.50. The van der Waals surface area contributed by atoms with Crippen molar-refractivity contribution in [1.82, 2.24) is 0 Å². The maximum atomic E-state index is 11.1. The van der Waals surface area contributed by atoms with Crippen molar-refractivity contribution in [2.24, 2.45) is 5.14 Å². The van der Waals surface area contributed by atoms with Crippen LogP contribution < -0.4 is 5.14 Å². The van der Waals surface area contributed by atoms with Crippen LogP contribution in [0.1, 0.15) is 27.7 Å². The predicted molar refractivity (Wildman–Crippen MR) is 71.6 cm³/mol. The van der Waals surface area contributed by atoms with Gasteiger partial charge in [-0.15, -0.1) is 0 Å². The second-order valence-electron chi connectivity index (χ2n) is 6.56.